The van der Waals surface area contributed by atoms with Crippen molar-refractivity contribution in [2.24, 2.45) is 0 Å². The van der Waals surface area contributed by atoms with Gasteiger partial charge in [-0.3, -0.25) is 4.79 Å². The van der Waals surface area contributed by atoms with Crippen LogP contribution in [-0.4, -0.2) is 43.1 Å². The fraction of sp³-hybridized carbons (Fsp3) is 0.500. The van der Waals surface area contributed by atoms with E-state index in [1.807, 2.05) is 4.90 Å². The van der Waals surface area contributed by atoms with Gasteiger partial charge in [-0.05, 0) is 41.1 Å². The number of nitrogens with one attached hydrogen (secondary N) is 1. The van der Waals surface area contributed by atoms with Gasteiger partial charge >= 0.3 is 0 Å². The van der Waals surface area contributed by atoms with Gasteiger partial charge in [0.1, 0.15) is 5.75 Å². The normalized spacial score (nSPS) is 18.0. The summed E-state index contributed by atoms with van der Waals surface area (Å²) in [5, 5.41) is 3.92. The minimum atomic E-state index is 0. The summed E-state index contributed by atoms with van der Waals surface area (Å²) >= 11 is 9.25. The van der Waals surface area contributed by atoms with E-state index in [9.17, 15) is 4.79 Å². The molecule has 21 heavy (non-hydrogen) atoms. The molecule has 1 aliphatic rings. The zero-order valence-corrected chi connectivity index (χ0v) is 14.9. The van der Waals surface area contributed by atoms with Gasteiger partial charge in [0, 0.05) is 30.7 Å². The summed E-state index contributed by atoms with van der Waals surface area (Å²) in [6, 6.07) is 5.59. The summed E-state index contributed by atoms with van der Waals surface area (Å²) in [4.78, 5) is 14.0. The number of benzene rings is 1. The third kappa shape index (κ3) is 5.33. The number of halogens is 3. The maximum absolute atomic E-state index is 12.1. The van der Waals surface area contributed by atoms with E-state index in [4.69, 9.17) is 16.3 Å². The highest BCUT2D eigenvalue weighted by Crippen LogP contribution is 2.28. The minimum absolute atomic E-state index is 0. The lowest BCUT2D eigenvalue weighted by atomic mass is 10.2. The lowest BCUT2D eigenvalue weighted by Crippen LogP contribution is -2.52. The first-order valence-electron chi connectivity index (χ1n) is 6.66. The summed E-state index contributed by atoms with van der Waals surface area (Å²) in [5.74, 6) is 0.847. The van der Waals surface area contributed by atoms with Gasteiger partial charge in [-0.25, -0.2) is 0 Å². The van der Waals surface area contributed by atoms with Gasteiger partial charge in [0.05, 0.1) is 17.5 Å². The molecular weight excluding hydrogens is 379 g/mol. The van der Waals surface area contributed by atoms with Crippen LogP contribution in [0.15, 0.2) is 22.7 Å². The number of amides is 1. The van der Waals surface area contributed by atoms with E-state index < -0.39 is 0 Å². The summed E-state index contributed by atoms with van der Waals surface area (Å²) in [6.07, 6.45) is 0.388. The average molecular weight is 398 g/mol. The largest absolute Gasteiger partial charge is 0.492 e. The molecule has 1 aromatic rings. The number of ether oxygens (including phenoxy) is 1. The molecule has 1 atom stereocenters. The Morgan fingerprint density at radius 1 is 1.57 bits per heavy atom. The molecule has 1 amide bonds. The molecule has 1 heterocycles. The van der Waals surface area contributed by atoms with Gasteiger partial charge in [0.15, 0.2) is 0 Å². The molecule has 2 rings (SSSR count). The molecule has 0 aliphatic carbocycles. The third-order valence-electron chi connectivity index (χ3n) is 3.29. The van der Waals surface area contributed by atoms with Crippen LogP contribution in [0.3, 0.4) is 0 Å². The molecule has 1 saturated heterocycles. The monoisotopic (exact) mass is 396 g/mol. The number of carbonyl (C=O) groups excluding carboxylic acids is 1. The van der Waals surface area contributed by atoms with E-state index in [0.29, 0.717) is 23.8 Å². The van der Waals surface area contributed by atoms with Crippen LogP contribution >= 0.6 is 39.9 Å². The van der Waals surface area contributed by atoms with Gasteiger partial charge in [0.2, 0.25) is 5.91 Å². The van der Waals surface area contributed by atoms with Crippen molar-refractivity contribution in [3.8, 4) is 5.75 Å². The van der Waals surface area contributed by atoms with Crippen molar-refractivity contribution in [1.29, 1.82) is 0 Å². The second kappa shape index (κ2) is 8.83. The van der Waals surface area contributed by atoms with Crippen molar-refractivity contribution in [3.05, 3.63) is 27.7 Å². The standard InChI is InChI=1S/C14H18BrClN2O2.ClH/c1-10-9-17-5-6-18(10)14(19)4-7-20-13-3-2-11(16)8-12(13)15;/h2-3,8,10,17H,4-7,9H2,1H3;1H/t10-;/m0./s1. The Labute approximate surface area is 144 Å². The molecule has 0 aromatic heterocycles. The zero-order valence-electron chi connectivity index (χ0n) is 11.8. The van der Waals surface area contributed by atoms with Gasteiger partial charge in [-0.1, -0.05) is 11.6 Å². The number of nitrogens with zero attached hydrogens (tertiary/aromatic N) is 1. The molecule has 4 nitrogen and oxygen atoms in total. The molecule has 1 fully saturated rings. The molecule has 1 N–H and O–H groups in total. The highest BCUT2D eigenvalue weighted by Gasteiger charge is 2.22. The summed E-state index contributed by atoms with van der Waals surface area (Å²) < 4.78 is 6.42. The number of piperazine rings is 1. The maximum Gasteiger partial charge on any atom is 0.226 e. The van der Waals surface area contributed by atoms with Gasteiger partial charge < -0.3 is 15.0 Å². The molecule has 0 unspecified atom stereocenters. The first-order valence-corrected chi connectivity index (χ1v) is 7.83. The van der Waals surface area contributed by atoms with E-state index in [-0.39, 0.29) is 24.4 Å². The van der Waals surface area contributed by atoms with Crippen LogP contribution in [0.2, 0.25) is 5.02 Å². The molecule has 1 aliphatic heterocycles. The van der Waals surface area contributed by atoms with Gasteiger partial charge in [-0.15, -0.1) is 12.4 Å². The van der Waals surface area contributed by atoms with E-state index in [1.54, 1.807) is 18.2 Å². The van der Waals surface area contributed by atoms with E-state index in [2.05, 4.69) is 28.2 Å². The topological polar surface area (TPSA) is 41.6 Å². The van der Waals surface area contributed by atoms with E-state index >= 15 is 0 Å². The van der Waals surface area contributed by atoms with Crippen LogP contribution in [0.1, 0.15) is 13.3 Å². The molecule has 1 aromatic carbocycles. The highest BCUT2D eigenvalue weighted by molar-refractivity contribution is 9.10. The van der Waals surface area contributed by atoms with Crippen LogP contribution < -0.4 is 10.1 Å². The number of hydrogen-bond donors (Lipinski definition) is 1. The predicted octanol–water partition coefficient (Wildman–Crippen LogP) is 3.11. The minimum Gasteiger partial charge on any atom is -0.492 e. The van der Waals surface area contributed by atoms with Crippen molar-refractivity contribution >= 4 is 45.8 Å². The lowest BCUT2D eigenvalue weighted by Gasteiger charge is -2.34. The lowest BCUT2D eigenvalue weighted by molar-refractivity contribution is -0.134. The summed E-state index contributed by atoms with van der Waals surface area (Å²) in [7, 11) is 0. The average Bonchev–Trinajstić information content (AvgIpc) is 2.41. The molecule has 7 heteroatoms. The smallest absolute Gasteiger partial charge is 0.226 e. The van der Waals surface area contributed by atoms with Crippen LogP contribution in [-0.2, 0) is 4.79 Å². The Kier molecular flexibility index (Phi) is 7.81. The van der Waals surface area contributed by atoms with Crippen molar-refractivity contribution < 1.29 is 9.53 Å². The fourth-order valence-corrected chi connectivity index (χ4v) is 2.99. The van der Waals surface area contributed by atoms with Crippen LogP contribution in [0, 0.1) is 0 Å². The van der Waals surface area contributed by atoms with Crippen LogP contribution in [0.25, 0.3) is 0 Å². The summed E-state index contributed by atoms with van der Waals surface area (Å²) in [6.45, 7) is 4.91. The van der Waals surface area contributed by atoms with Crippen molar-refractivity contribution in [2.75, 3.05) is 26.2 Å². The van der Waals surface area contributed by atoms with E-state index in [0.717, 1.165) is 24.1 Å². The predicted molar refractivity (Wildman–Crippen MR) is 90.6 cm³/mol. The SMILES string of the molecule is C[C@H]1CNCCN1C(=O)CCOc1ccc(Cl)cc1Br.Cl. The van der Waals surface area contributed by atoms with Gasteiger partial charge in [0.25, 0.3) is 0 Å². The van der Waals surface area contributed by atoms with E-state index in [1.165, 1.54) is 0 Å². The fourth-order valence-electron chi connectivity index (χ4n) is 2.20. The molecule has 0 radical (unpaired) electrons. The Bertz CT molecular complexity index is 488. The Balaban J connectivity index is 0.00000220. The van der Waals surface area contributed by atoms with Crippen molar-refractivity contribution in [2.45, 2.75) is 19.4 Å². The second-order valence-corrected chi connectivity index (χ2v) is 6.10. The third-order valence-corrected chi connectivity index (χ3v) is 4.14. The van der Waals surface area contributed by atoms with Gasteiger partial charge in [-0.2, -0.15) is 0 Å². The zero-order chi connectivity index (χ0) is 14.5. The molecule has 0 bridgehead atoms. The molecule has 0 spiro atoms. The first kappa shape index (κ1) is 18.6. The number of rotatable bonds is 4. The van der Waals surface area contributed by atoms with Crippen molar-refractivity contribution in [3.63, 3.8) is 0 Å². The van der Waals surface area contributed by atoms with Crippen LogP contribution in [0.5, 0.6) is 5.75 Å². The quantitative estimate of drug-likeness (QED) is 0.848. The van der Waals surface area contributed by atoms with Crippen molar-refractivity contribution in [1.82, 2.24) is 10.2 Å². The number of hydrogen-bond acceptors (Lipinski definition) is 3. The highest BCUT2D eigenvalue weighted by atomic mass is 79.9. The van der Waals surface area contributed by atoms with Crippen LogP contribution in [0.4, 0.5) is 0 Å². The Morgan fingerprint density at radius 3 is 3.00 bits per heavy atom. The number of carbonyl (C=O) groups is 1. The Morgan fingerprint density at radius 2 is 2.33 bits per heavy atom. The second-order valence-electron chi connectivity index (χ2n) is 4.81. The molecular formula is C14H19BrCl2N2O2. The molecule has 0 saturated carbocycles. The first-order chi connectivity index (χ1) is 9.58. The Hall–Kier alpha value is -0.490. The maximum atomic E-state index is 12.1. The molecule has 118 valence electrons. The summed E-state index contributed by atoms with van der Waals surface area (Å²) in [5.41, 5.74) is 0.